The molecule has 0 aliphatic heterocycles. The first-order chi connectivity index (χ1) is 11.0. The molecule has 1 heterocycles. The Hall–Kier alpha value is -2.25. The van der Waals surface area contributed by atoms with Crippen LogP contribution in [-0.2, 0) is 16.6 Å². The van der Waals surface area contributed by atoms with Gasteiger partial charge >= 0.3 is 0 Å². The summed E-state index contributed by atoms with van der Waals surface area (Å²) in [6, 6.07) is 10.7. The number of carbonyl (C=O) groups excluding carboxylic acids is 1. The van der Waals surface area contributed by atoms with Crippen LogP contribution >= 0.6 is 0 Å². The number of carbonyl (C=O) groups is 1. The van der Waals surface area contributed by atoms with Gasteiger partial charge in [-0.15, -0.1) is 0 Å². The van der Waals surface area contributed by atoms with E-state index in [9.17, 15) is 13.2 Å². The molecule has 0 fully saturated rings. The lowest BCUT2D eigenvalue weighted by Crippen LogP contribution is -2.34. The zero-order valence-electron chi connectivity index (χ0n) is 12.8. The molecule has 0 aliphatic rings. The van der Waals surface area contributed by atoms with Crippen LogP contribution in [0.3, 0.4) is 0 Å². The average molecular weight is 333 g/mol. The van der Waals surface area contributed by atoms with Crippen molar-refractivity contribution in [3.05, 3.63) is 65.5 Å². The molecule has 0 aliphatic carbocycles. The molecule has 1 aromatic carbocycles. The number of nitrogens with zero attached hydrogens (tertiary/aromatic N) is 1. The highest BCUT2D eigenvalue weighted by Gasteiger charge is 2.11. The fraction of sp³-hybridized carbons (Fsp3) is 0.250. The first-order valence-corrected chi connectivity index (χ1v) is 8.82. The predicted octanol–water partition coefficient (Wildman–Crippen LogP) is 1.24. The Morgan fingerprint density at radius 2 is 2.04 bits per heavy atom. The number of aryl methyl sites for hydroxylation is 1. The minimum Gasteiger partial charge on any atom is -0.351 e. The fourth-order valence-corrected chi connectivity index (χ4v) is 2.86. The summed E-state index contributed by atoms with van der Waals surface area (Å²) >= 11 is 0. The molecule has 2 N–H and O–H groups in total. The highest BCUT2D eigenvalue weighted by atomic mass is 32.2. The number of nitrogens with one attached hydrogen (secondary N) is 2. The first kappa shape index (κ1) is 17.1. The van der Waals surface area contributed by atoms with E-state index in [1.165, 1.54) is 0 Å². The number of rotatable bonds is 7. The molecule has 0 bridgehead atoms. The Balaban J connectivity index is 1.79. The van der Waals surface area contributed by atoms with Crippen molar-refractivity contribution in [2.45, 2.75) is 13.5 Å². The second kappa shape index (κ2) is 7.85. The van der Waals surface area contributed by atoms with Gasteiger partial charge in [-0.1, -0.05) is 23.8 Å². The monoisotopic (exact) mass is 333 g/mol. The van der Waals surface area contributed by atoms with E-state index in [4.69, 9.17) is 0 Å². The van der Waals surface area contributed by atoms with Gasteiger partial charge in [-0.2, -0.15) is 0 Å². The van der Waals surface area contributed by atoms with Crippen LogP contribution in [0.2, 0.25) is 0 Å². The van der Waals surface area contributed by atoms with Gasteiger partial charge in [0.05, 0.1) is 5.75 Å². The molecular formula is C16H19N3O3S. The molecule has 1 aromatic heterocycles. The first-order valence-electron chi connectivity index (χ1n) is 7.17. The van der Waals surface area contributed by atoms with Crippen molar-refractivity contribution in [3.8, 4) is 0 Å². The molecule has 0 saturated carbocycles. The van der Waals surface area contributed by atoms with Crippen LogP contribution in [0, 0.1) is 6.92 Å². The maximum atomic E-state index is 11.9. The second-order valence-electron chi connectivity index (χ2n) is 5.13. The van der Waals surface area contributed by atoms with Gasteiger partial charge in [0.25, 0.3) is 5.91 Å². The molecule has 0 atom stereocenters. The van der Waals surface area contributed by atoms with Crippen molar-refractivity contribution in [2.75, 3.05) is 12.3 Å². The Morgan fingerprint density at radius 1 is 1.22 bits per heavy atom. The molecular weight excluding hydrogens is 314 g/mol. The van der Waals surface area contributed by atoms with Gasteiger partial charge in [0, 0.05) is 31.0 Å². The predicted molar refractivity (Wildman–Crippen MR) is 88.4 cm³/mol. The van der Waals surface area contributed by atoms with Gasteiger partial charge in [-0.25, -0.2) is 13.1 Å². The number of sulfonamides is 1. The van der Waals surface area contributed by atoms with E-state index in [-0.39, 0.29) is 24.7 Å². The Bertz CT molecular complexity index is 761. The quantitative estimate of drug-likeness (QED) is 0.798. The number of pyridine rings is 1. The normalized spacial score (nSPS) is 11.2. The summed E-state index contributed by atoms with van der Waals surface area (Å²) in [5.41, 5.74) is 2.27. The third kappa shape index (κ3) is 5.80. The van der Waals surface area contributed by atoms with E-state index in [0.717, 1.165) is 11.1 Å². The largest absolute Gasteiger partial charge is 0.351 e. The molecule has 122 valence electrons. The number of amides is 1. The number of aromatic nitrogens is 1. The minimum atomic E-state index is -3.46. The summed E-state index contributed by atoms with van der Waals surface area (Å²) in [5, 5.41) is 2.61. The Kier molecular flexibility index (Phi) is 5.84. The lowest BCUT2D eigenvalue weighted by molar-refractivity contribution is 0.0956. The van der Waals surface area contributed by atoms with Crippen LogP contribution < -0.4 is 10.0 Å². The topological polar surface area (TPSA) is 88.2 Å². The lowest BCUT2D eigenvalue weighted by atomic mass is 10.1. The summed E-state index contributed by atoms with van der Waals surface area (Å²) in [4.78, 5) is 15.8. The maximum Gasteiger partial charge on any atom is 0.251 e. The van der Waals surface area contributed by atoms with Crippen LogP contribution in [0.5, 0.6) is 0 Å². The SMILES string of the molecule is Cc1cccc(C(=O)NCCS(=O)(=O)NCc2cccnc2)c1. The van der Waals surface area contributed by atoms with E-state index < -0.39 is 10.0 Å². The molecule has 0 radical (unpaired) electrons. The smallest absolute Gasteiger partial charge is 0.251 e. The van der Waals surface area contributed by atoms with Crippen LogP contribution in [-0.4, -0.2) is 31.6 Å². The van der Waals surface area contributed by atoms with E-state index in [0.29, 0.717) is 5.56 Å². The molecule has 0 unspecified atom stereocenters. The van der Waals surface area contributed by atoms with Crippen LogP contribution in [0.15, 0.2) is 48.8 Å². The molecule has 6 nitrogen and oxygen atoms in total. The fourth-order valence-electron chi connectivity index (χ4n) is 1.96. The van der Waals surface area contributed by atoms with Gasteiger partial charge in [0.2, 0.25) is 10.0 Å². The van der Waals surface area contributed by atoms with Crippen molar-refractivity contribution in [3.63, 3.8) is 0 Å². The molecule has 7 heteroatoms. The third-order valence-corrected chi connectivity index (χ3v) is 4.48. The number of benzene rings is 1. The highest BCUT2D eigenvalue weighted by molar-refractivity contribution is 7.89. The zero-order valence-corrected chi connectivity index (χ0v) is 13.6. The summed E-state index contributed by atoms with van der Waals surface area (Å²) in [5.74, 6) is -0.457. The standard InChI is InChI=1S/C16H19N3O3S/c1-13-4-2-6-15(10-13)16(20)18-8-9-23(21,22)19-12-14-5-3-7-17-11-14/h2-7,10-11,19H,8-9,12H2,1H3,(H,18,20). The van der Waals surface area contributed by atoms with Crippen molar-refractivity contribution in [1.82, 2.24) is 15.0 Å². The van der Waals surface area contributed by atoms with Crippen molar-refractivity contribution in [2.24, 2.45) is 0 Å². The van der Waals surface area contributed by atoms with E-state index in [1.807, 2.05) is 13.0 Å². The number of hydrogen-bond acceptors (Lipinski definition) is 4. The van der Waals surface area contributed by atoms with Crippen LogP contribution in [0.25, 0.3) is 0 Å². The molecule has 23 heavy (non-hydrogen) atoms. The van der Waals surface area contributed by atoms with E-state index >= 15 is 0 Å². The summed E-state index contributed by atoms with van der Waals surface area (Å²) in [6.07, 6.45) is 3.22. The Labute approximate surface area is 136 Å². The minimum absolute atomic E-state index is 0.0507. The van der Waals surface area contributed by atoms with Gasteiger partial charge in [-0.05, 0) is 30.7 Å². The molecule has 2 aromatic rings. The van der Waals surface area contributed by atoms with Crippen molar-refractivity contribution in [1.29, 1.82) is 0 Å². The lowest BCUT2D eigenvalue weighted by Gasteiger charge is -2.08. The summed E-state index contributed by atoms with van der Waals surface area (Å²) in [6.45, 7) is 2.13. The van der Waals surface area contributed by atoms with Crippen LogP contribution in [0.1, 0.15) is 21.5 Å². The highest BCUT2D eigenvalue weighted by Crippen LogP contribution is 2.03. The van der Waals surface area contributed by atoms with E-state index in [2.05, 4.69) is 15.0 Å². The maximum absolute atomic E-state index is 11.9. The van der Waals surface area contributed by atoms with Crippen molar-refractivity contribution < 1.29 is 13.2 Å². The summed E-state index contributed by atoms with van der Waals surface area (Å²) in [7, 11) is -3.46. The second-order valence-corrected chi connectivity index (χ2v) is 7.05. The van der Waals surface area contributed by atoms with Gasteiger partial charge < -0.3 is 5.32 Å². The number of hydrogen-bond donors (Lipinski definition) is 2. The zero-order chi connectivity index (χ0) is 16.7. The Morgan fingerprint density at radius 3 is 2.74 bits per heavy atom. The average Bonchev–Trinajstić information content (AvgIpc) is 2.54. The van der Waals surface area contributed by atoms with E-state index in [1.54, 1.807) is 42.7 Å². The van der Waals surface area contributed by atoms with Crippen LogP contribution in [0.4, 0.5) is 0 Å². The molecule has 0 saturated heterocycles. The molecule has 1 amide bonds. The molecule has 2 rings (SSSR count). The van der Waals surface area contributed by atoms with Gasteiger partial charge in [0.1, 0.15) is 0 Å². The van der Waals surface area contributed by atoms with Gasteiger partial charge in [0.15, 0.2) is 0 Å². The third-order valence-electron chi connectivity index (χ3n) is 3.16. The van der Waals surface area contributed by atoms with Crippen molar-refractivity contribution >= 4 is 15.9 Å². The molecule has 0 spiro atoms. The van der Waals surface area contributed by atoms with Gasteiger partial charge in [-0.3, -0.25) is 9.78 Å². The summed E-state index contributed by atoms with van der Waals surface area (Å²) < 4.78 is 26.3.